The Balaban J connectivity index is 2.23. The summed E-state index contributed by atoms with van der Waals surface area (Å²) in [5.41, 5.74) is 6.50. The topological polar surface area (TPSA) is 64.7 Å². The summed E-state index contributed by atoms with van der Waals surface area (Å²) in [6.45, 7) is 2.38. The molecule has 0 aliphatic rings. The maximum Gasteiger partial charge on any atom is 0.179 e. The molecule has 0 fully saturated rings. The normalized spacial score (nSPS) is 10.5. The Hall–Kier alpha value is -0.980. The lowest BCUT2D eigenvalue weighted by molar-refractivity contribution is 0.939. The minimum Gasteiger partial charge on any atom is -0.325 e. The average Bonchev–Trinajstić information content (AvgIpc) is 2.65. The number of hydrogen-bond acceptors (Lipinski definition) is 6. The molecule has 2 aromatic rings. The summed E-state index contributed by atoms with van der Waals surface area (Å²) in [7, 11) is 0. The first-order valence-electron chi connectivity index (χ1n) is 4.41. The molecule has 0 bridgehead atoms. The SMILES string of the molecule is Cc1nnc(Sc2cccnc2CN)s1. The highest BCUT2D eigenvalue weighted by molar-refractivity contribution is 8.01. The number of pyridine rings is 1. The van der Waals surface area contributed by atoms with E-state index in [0.29, 0.717) is 6.54 Å². The van der Waals surface area contributed by atoms with Crippen LogP contribution in [0.2, 0.25) is 0 Å². The van der Waals surface area contributed by atoms with Gasteiger partial charge in [0.25, 0.3) is 0 Å². The quantitative estimate of drug-likeness (QED) is 0.884. The van der Waals surface area contributed by atoms with Crippen molar-refractivity contribution in [2.45, 2.75) is 22.7 Å². The van der Waals surface area contributed by atoms with E-state index < -0.39 is 0 Å². The van der Waals surface area contributed by atoms with Gasteiger partial charge in [-0.25, -0.2) is 0 Å². The van der Waals surface area contributed by atoms with Gasteiger partial charge in [0, 0.05) is 17.6 Å². The third-order valence-corrected chi connectivity index (χ3v) is 3.73. The van der Waals surface area contributed by atoms with Crippen molar-refractivity contribution >= 4 is 23.1 Å². The molecule has 2 heterocycles. The van der Waals surface area contributed by atoms with Crippen LogP contribution in [0.3, 0.4) is 0 Å². The van der Waals surface area contributed by atoms with E-state index in [0.717, 1.165) is 19.9 Å². The lowest BCUT2D eigenvalue weighted by Gasteiger charge is -2.02. The first kappa shape index (κ1) is 10.5. The molecule has 0 saturated carbocycles. The van der Waals surface area contributed by atoms with Crippen molar-refractivity contribution in [1.29, 1.82) is 0 Å². The molecule has 78 valence electrons. The number of nitrogens with two attached hydrogens (primary N) is 1. The van der Waals surface area contributed by atoms with E-state index in [2.05, 4.69) is 15.2 Å². The first-order chi connectivity index (χ1) is 7.29. The molecule has 2 rings (SSSR count). The second kappa shape index (κ2) is 4.69. The predicted molar refractivity (Wildman–Crippen MR) is 60.9 cm³/mol. The molecule has 0 aliphatic heterocycles. The molecule has 4 nitrogen and oxygen atoms in total. The number of hydrogen-bond donors (Lipinski definition) is 1. The highest BCUT2D eigenvalue weighted by atomic mass is 32.2. The summed E-state index contributed by atoms with van der Waals surface area (Å²) in [4.78, 5) is 5.26. The van der Waals surface area contributed by atoms with Crippen LogP contribution in [0.15, 0.2) is 27.6 Å². The van der Waals surface area contributed by atoms with Crippen LogP contribution in [0.25, 0.3) is 0 Å². The Morgan fingerprint density at radius 1 is 1.47 bits per heavy atom. The van der Waals surface area contributed by atoms with Gasteiger partial charge in [-0.1, -0.05) is 23.1 Å². The predicted octanol–water partition coefficient (Wildman–Crippen LogP) is 1.85. The van der Waals surface area contributed by atoms with Crippen LogP contribution in [-0.2, 0) is 6.54 Å². The third-order valence-electron chi connectivity index (χ3n) is 1.75. The van der Waals surface area contributed by atoms with E-state index in [1.54, 1.807) is 29.3 Å². The first-order valence-corrected chi connectivity index (χ1v) is 6.05. The van der Waals surface area contributed by atoms with Gasteiger partial charge in [-0.15, -0.1) is 10.2 Å². The van der Waals surface area contributed by atoms with Gasteiger partial charge in [-0.2, -0.15) is 0 Å². The lowest BCUT2D eigenvalue weighted by Crippen LogP contribution is -2.00. The van der Waals surface area contributed by atoms with E-state index in [4.69, 9.17) is 5.73 Å². The largest absolute Gasteiger partial charge is 0.325 e. The van der Waals surface area contributed by atoms with Crippen molar-refractivity contribution < 1.29 is 0 Å². The Kier molecular flexibility index (Phi) is 3.30. The van der Waals surface area contributed by atoms with E-state index in [1.165, 1.54) is 0 Å². The molecule has 0 saturated heterocycles. The number of rotatable bonds is 3. The summed E-state index contributed by atoms with van der Waals surface area (Å²) in [6.07, 6.45) is 1.75. The van der Waals surface area contributed by atoms with Gasteiger partial charge >= 0.3 is 0 Å². The second-order valence-electron chi connectivity index (χ2n) is 2.84. The van der Waals surface area contributed by atoms with Crippen LogP contribution in [0.5, 0.6) is 0 Å². The molecule has 0 unspecified atom stereocenters. The molecular formula is C9H10N4S2. The fraction of sp³-hybridized carbons (Fsp3) is 0.222. The van der Waals surface area contributed by atoms with E-state index in [1.807, 2.05) is 19.1 Å². The molecule has 0 aromatic carbocycles. The fourth-order valence-corrected chi connectivity index (χ4v) is 2.97. The second-order valence-corrected chi connectivity index (χ2v) is 5.31. The van der Waals surface area contributed by atoms with Crippen LogP contribution < -0.4 is 5.73 Å². The van der Waals surface area contributed by atoms with Gasteiger partial charge < -0.3 is 5.73 Å². The molecule has 0 amide bonds. The van der Waals surface area contributed by atoms with Gasteiger partial charge in [-0.3, -0.25) is 4.98 Å². The highest BCUT2D eigenvalue weighted by Gasteiger charge is 2.07. The summed E-state index contributed by atoms with van der Waals surface area (Å²) < 4.78 is 0.926. The lowest BCUT2D eigenvalue weighted by atomic mass is 10.3. The van der Waals surface area contributed by atoms with Crippen LogP contribution in [-0.4, -0.2) is 15.2 Å². The molecule has 6 heteroatoms. The van der Waals surface area contributed by atoms with Gasteiger partial charge in [0.1, 0.15) is 5.01 Å². The maximum atomic E-state index is 5.60. The fourth-order valence-electron chi connectivity index (χ4n) is 1.08. The monoisotopic (exact) mass is 238 g/mol. The van der Waals surface area contributed by atoms with E-state index in [-0.39, 0.29) is 0 Å². The third kappa shape index (κ3) is 2.53. The zero-order valence-electron chi connectivity index (χ0n) is 8.17. The van der Waals surface area contributed by atoms with Crippen molar-refractivity contribution in [1.82, 2.24) is 15.2 Å². The Morgan fingerprint density at radius 3 is 3.00 bits per heavy atom. The molecule has 0 atom stereocenters. The highest BCUT2D eigenvalue weighted by Crippen LogP contribution is 2.31. The van der Waals surface area contributed by atoms with Crippen molar-refractivity contribution in [3.05, 3.63) is 29.0 Å². The zero-order valence-corrected chi connectivity index (χ0v) is 9.81. The van der Waals surface area contributed by atoms with Crippen LogP contribution in [0, 0.1) is 6.92 Å². The van der Waals surface area contributed by atoms with E-state index >= 15 is 0 Å². The minimum atomic E-state index is 0.445. The molecule has 0 spiro atoms. The molecule has 0 radical (unpaired) electrons. The smallest absolute Gasteiger partial charge is 0.179 e. The Bertz CT molecular complexity index is 455. The van der Waals surface area contributed by atoms with Crippen molar-refractivity contribution in [2.24, 2.45) is 5.73 Å². The number of aryl methyl sites for hydroxylation is 1. The summed E-state index contributed by atoms with van der Waals surface area (Å²) in [5.74, 6) is 0. The van der Waals surface area contributed by atoms with Crippen molar-refractivity contribution in [3.8, 4) is 0 Å². The van der Waals surface area contributed by atoms with Gasteiger partial charge in [-0.05, 0) is 19.1 Å². The molecule has 2 aromatic heterocycles. The van der Waals surface area contributed by atoms with E-state index in [9.17, 15) is 0 Å². The van der Waals surface area contributed by atoms with Gasteiger partial charge in [0.2, 0.25) is 0 Å². The standard InChI is InChI=1S/C9H10N4S2/c1-6-12-13-9(14-6)15-8-3-2-4-11-7(8)5-10/h2-4H,5,10H2,1H3. The van der Waals surface area contributed by atoms with Crippen LogP contribution in [0.4, 0.5) is 0 Å². The van der Waals surface area contributed by atoms with Crippen molar-refractivity contribution in [2.75, 3.05) is 0 Å². The summed E-state index contributed by atoms with van der Waals surface area (Å²) in [6, 6.07) is 3.89. The van der Waals surface area contributed by atoms with Crippen LogP contribution >= 0.6 is 23.1 Å². The maximum absolute atomic E-state index is 5.60. The zero-order chi connectivity index (χ0) is 10.7. The van der Waals surface area contributed by atoms with Gasteiger partial charge in [0.15, 0.2) is 4.34 Å². The van der Waals surface area contributed by atoms with Gasteiger partial charge in [0.05, 0.1) is 5.69 Å². The summed E-state index contributed by atoms with van der Waals surface area (Å²) in [5, 5.41) is 8.98. The number of aromatic nitrogens is 3. The number of nitrogens with zero attached hydrogens (tertiary/aromatic N) is 3. The van der Waals surface area contributed by atoms with Crippen molar-refractivity contribution in [3.63, 3.8) is 0 Å². The summed E-state index contributed by atoms with van der Waals surface area (Å²) >= 11 is 3.14. The molecule has 0 aliphatic carbocycles. The van der Waals surface area contributed by atoms with Crippen LogP contribution in [0.1, 0.15) is 10.7 Å². The Labute approximate surface area is 95.9 Å². The molecule has 2 N–H and O–H groups in total. The minimum absolute atomic E-state index is 0.445. The molecular weight excluding hydrogens is 228 g/mol. The molecule has 15 heavy (non-hydrogen) atoms. The Morgan fingerprint density at radius 2 is 2.33 bits per heavy atom. The average molecular weight is 238 g/mol.